The summed E-state index contributed by atoms with van der Waals surface area (Å²) in [7, 11) is 3.05. The maximum atomic E-state index is 14.2. The number of fused-ring (bicyclic) bond motifs is 2. The molecule has 216 valence electrons. The van der Waals surface area contributed by atoms with Gasteiger partial charge in [0.2, 0.25) is 5.91 Å². The molecule has 2 heterocycles. The van der Waals surface area contributed by atoms with Gasteiger partial charge in [-0.15, -0.1) is 0 Å². The van der Waals surface area contributed by atoms with E-state index in [0.29, 0.717) is 61.3 Å². The number of likely N-dealkylation sites (tertiary alicyclic amines) is 1. The van der Waals surface area contributed by atoms with Gasteiger partial charge in [-0.2, -0.15) is 0 Å². The second-order valence-corrected chi connectivity index (χ2v) is 10.6. The van der Waals surface area contributed by atoms with E-state index < -0.39 is 35.1 Å². The third-order valence-corrected chi connectivity index (χ3v) is 7.98. The highest BCUT2D eigenvalue weighted by atomic mass is 19.1. The molecule has 3 aromatic carbocycles. The summed E-state index contributed by atoms with van der Waals surface area (Å²) in [5, 5.41) is 2.64. The first-order valence-electron chi connectivity index (χ1n) is 13.5. The number of carbonyl (C=O) groups is 2. The van der Waals surface area contributed by atoms with Crippen molar-refractivity contribution in [3.63, 3.8) is 0 Å². The van der Waals surface area contributed by atoms with Crippen molar-refractivity contribution in [1.82, 2.24) is 9.80 Å². The van der Waals surface area contributed by atoms with Crippen molar-refractivity contribution in [1.29, 1.82) is 0 Å². The van der Waals surface area contributed by atoms with E-state index in [-0.39, 0.29) is 18.2 Å². The molecule has 1 atom stereocenters. The fraction of sp³-hybridized carbons (Fsp3) is 0.355. The van der Waals surface area contributed by atoms with Crippen LogP contribution in [-0.2, 0) is 21.7 Å². The van der Waals surface area contributed by atoms with Crippen molar-refractivity contribution in [3.8, 4) is 5.75 Å². The number of halogens is 3. The van der Waals surface area contributed by atoms with Gasteiger partial charge in [-0.05, 0) is 66.6 Å². The number of hydrogen-bond acceptors (Lipinski definition) is 5. The van der Waals surface area contributed by atoms with E-state index in [1.165, 1.54) is 43.5 Å². The quantitative estimate of drug-likeness (QED) is 0.373. The van der Waals surface area contributed by atoms with Crippen LogP contribution < -0.4 is 10.1 Å². The standard InChI is InChI=1S/C31H32F3N3O4/c1-36(19-20-3-10-28(40-2)26(34)17-20)29(38)24(21-4-6-22(32)7-5-21)11-14-37-15-12-31(13-16-37)25-18-23(33)8-9-27(25)35-30(39)41-31/h3-10,17-18,24H,11-16,19H2,1-2H3,(H,35,39). The lowest BCUT2D eigenvalue weighted by atomic mass is 9.82. The van der Waals surface area contributed by atoms with Crippen molar-refractivity contribution in [2.45, 2.75) is 37.3 Å². The molecule has 2 aliphatic heterocycles. The normalized spacial score (nSPS) is 16.9. The second kappa shape index (κ2) is 11.8. The molecule has 0 bridgehead atoms. The maximum absolute atomic E-state index is 14.2. The molecule has 2 amide bonds. The first-order chi connectivity index (χ1) is 19.7. The third kappa shape index (κ3) is 6.17. The Bertz CT molecular complexity index is 1420. The predicted octanol–water partition coefficient (Wildman–Crippen LogP) is 5.80. The van der Waals surface area contributed by atoms with Gasteiger partial charge in [-0.1, -0.05) is 18.2 Å². The van der Waals surface area contributed by atoms with Crippen LogP contribution in [0.5, 0.6) is 5.75 Å². The zero-order chi connectivity index (χ0) is 29.1. The van der Waals surface area contributed by atoms with Gasteiger partial charge in [0.15, 0.2) is 11.6 Å². The molecule has 0 saturated carbocycles. The summed E-state index contributed by atoms with van der Waals surface area (Å²) in [6.45, 7) is 1.92. The third-order valence-electron chi connectivity index (χ3n) is 7.98. The van der Waals surface area contributed by atoms with Crippen molar-refractivity contribution in [2.75, 3.05) is 39.1 Å². The van der Waals surface area contributed by atoms with Crippen LogP contribution in [0.25, 0.3) is 0 Å². The molecule has 1 spiro atoms. The molecule has 7 nitrogen and oxygen atoms in total. The van der Waals surface area contributed by atoms with Gasteiger partial charge in [-0.25, -0.2) is 18.0 Å². The zero-order valence-electron chi connectivity index (χ0n) is 23.0. The molecule has 3 aromatic rings. The number of likely N-dealkylation sites (N-methyl/N-ethyl adjacent to an activating group) is 1. The molecular formula is C31H32F3N3O4. The summed E-state index contributed by atoms with van der Waals surface area (Å²) in [5.41, 5.74) is 1.59. The van der Waals surface area contributed by atoms with Crippen LogP contribution in [0.2, 0.25) is 0 Å². The average Bonchev–Trinajstić information content (AvgIpc) is 2.95. The molecule has 2 aliphatic rings. The van der Waals surface area contributed by atoms with Crippen LogP contribution in [0.1, 0.15) is 41.9 Å². The van der Waals surface area contributed by atoms with Crippen LogP contribution in [0.15, 0.2) is 60.7 Å². The number of rotatable bonds is 8. The van der Waals surface area contributed by atoms with Crippen LogP contribution in [0.3, 0.4) is 0 Å². The molecule has 10 heteroatoms. The van der Waals surface area contributed by atoms with Gasteiger partial charge in [0.05, 0.1) is 18.7 Å². The number of benzene rings is 3. The first kappa shape index (κ1) is 28.5. The van der Waals surface area contributed by atoms with Gasteiger partial charge in [0.1, 0.15) is 17.2 Å². The Morgan fingerprint density at radius 2 is 1.76 bits per heavy atom. The van der Waals surface area contributed by atoms with Gasteiger partial charge in [0, 0.05) is 45.1 Å². The highest BCUT2D eigenvalue weighted by Gasteiger charge is 2.44. The number of hydrogen-bond donors (Lipinski definition) is 1. The number of ether oxygens (including phenoxy) is 2. The zero-order valence-corrected chi connectivity index (χ0v) is 23.0. The van der Waals surface area contributed by atoms with Crippen LogP contribution >= 0.6 is 0 Å². The highest BCUT2D eigenvalue weighted by molar-refractivity contribution is 5.89. The highest BCUT2D eigenvalue weighted by Crippen LogP contribution is 2.44. The fourth-order valence-corrected chi connectivity index (χ4v) is 5.75. The van der Waals surface area contributed by atoms with Gasteiger partial charge >= 0.3 is 6.09 Å². The number of carbonyl (C=O) groups excluding carboxylic acids is 2. The van der Waals surface area contributed by atoms with Crippen LogP contribution in [0, 0.1) is 17.5 Å². The summed E-state index contributed by atoms with van der Waals surface area (Å²) >= 11 is 0. The van der Waals surface area contributed by atoms with Crippen molar-refractivity contribution < 1.29 is 32.2 Å². The van der Waals surface area contributed by atoms with E-state index in [9.17, 15) is 22.8 Å². The second-order valence-electron chi connectivity index (χ2n) is 10.6. The molecule has 0 aliphatic carbocycles. The maximum Gasteiger partial charge on any atom is 0.412 e. The summed E-state index contributed by atoms with van der Waals surface area (Å²) in [4.78, 5) is 29.6. The lowest BCUT2D eigenvalue weighted by Gasteiger charge is -2.44. The van der Waals surface area contributed by atoms with Crippen molar-refractivity contribution in [3.05, 3.63) is 94.8 Å². The smallest absolute Gasteiger partial charge is 0.412 e. The summed E-state index contributed by atoms with van der Waals surface area (Å²) in [6, 6.07) is 14.7. The van der Waals surface area contributed by atoms with E-state index in [1.807, 2.05) is 0 Å². The number of amides is 2. The Morgan fingerprint density at radius 1 is 1.05 bits per heavy atom. The fourth-order valence-electron chi connectivity index (χ4n) is 5.75. The monoisotopic (exact) mass is 567 g/mol. The largest absolute Gasteiger partial charge is 0.494 e. The number of anilines is 1. The number of nitrogens with one attached hydrogen (secondary N) is 1. The molecule has 0 radical (unpaired) electrons. The molecule has 1 unspecified atom stereocenters. The first-order valence-corrected chi connectivity index (χ1v) is 13.5. The molecule has 0 aromatic heterocycles. The summed E-state index contributed by atoms with van der Waals surface area (Å²) in [6.07, 6.45) is 0.870. The molecule has 5 rings (SSSR count). The molecule has 41 heavy (non-hydrogen) atoms. The van der Waals surface area contributed by atoms with Crippen LogP contribution in [-0.4, -0.2) is 55.6 Å². The van der Waals surface area contributed by atoms with E-state index in [1.54, 1.807) is 36.2 Å². The Hall–Kier alpha value is -4.05. The van der Waals surface area contributed by atoms with E-state index in [0.717, 1.165) is 0 Å². The van der Waals surface area contributed by atoms with E-state index in [2.05, 4.69) is 10.2 Å². The molecule has 1 N–H and O–H groups in total. The number of nitrogens with zero attached hydrogens (tertiary/aromatic N) is 2. The van der Waals surface area contributed by atoms with Gasteiger partial charge in [-0.3, -0.25) is 10.1 Å². The minimum Gasteiger partial charge on any atom is -0.494 e. The van der Waals surface area contributed by atoms with Crippen molar-refractivity contribution >= 4 is 17.7 Å². The van der Waals surface area contributed by atoms with Crippen molar-refractivity contribution in [2.24, 2.45) is 0 Å². The number of methoxy groups -OCH3 is 1. The average molecular weight is 568 g/mol. The minimum atomic E-state index is -0.906. The number of piperidine rings is 1. The Labute approximate surface area is 236 Å². The summed E-state index contributed by atoms with van der Waals surface area (Å²) in [5.74, 6) is -1.88. The summed E-state index contributed by atoms with van der Waals surface area (Å²) < 4.78 is 52.7. The minimum absolute atomic E-state index is 0.128. The van der Waals surface area contributed by atoms with E-state index in [4.69, 9.17) is 9.47 Å². The molecule has 1 fully saturated rings. The predicted molar refractivity (Wildman–Crippen MR) is 147 cm³/mol. The Kier molecular flexibility index (Phi) is 8.21. The van der Waals surface area contributed by atoms with Gasteiger partial charge in [0.25, 0.3) is 0 Å². The molecular weight excluding hydrogens is 535 g/mol. The lowest BCUT2D eigenvalue weighted by molar-refractivity contribution is -0.132. The molecule has 1 saturated heterocycles. The lowest BCUT2D eigenvalue weighted by Crippen LogP contribution is -2.48. The SMILES string of the molecule is COc1ccc(CN(C)C(=O)C(CCN2CCC3(CC2)OC(=O)Nc2ccc(F)cc23)c2ccc(F)cc2)cc1F. The Morgan fingerprint density at radius 3 is 2.44 bits per heavy atom. The Balaban J connectivity index is 1.27. The van der Waals surface area contributed by atoms with E-state index >= 15 is 0 Å². The van der Waals surface area contributed by atoms with Crippen LogP contribution in [0.4, 0.5) is 23.7 Å². The topological polar surface area (TPSA) is 71.1 Å². The van der Waals surface area contributed by atoms with Gasteiger partial charge < -0.3 is 19.3 Å².